The summed E-state index contributed by atoms with van der Waals surface area (Å²) in [6, 6.07) is 3.45. The fourth-order valence-electron chi connectivity index (χ4n) is 2.83. The van der Waals surface area contributed by atoms with E-state index in [0.29, 0.717) is 18.5 Å². The van der Waals surface area contributed by atoms with Crippen molar-refractivity contribution in [2.75, 3.05) is 0 Å². The van der Waals surface area contributed by atoms with Gasteiger partial charge >= 0.3 is 6.43 Å². The minimum Gasteiger partial charge on any atom is -0.350 e. The highest BCUT2D eigenvalue weighted by Crippen LogP contribution is 2.40. The van der Waals surface area contributed by atoms with E-state index in [1.54, 1.807) is 24.5 Å². The summed E-state index contributed by atoms with van der Waals surface area (Å²) in [5, 5.41) is 7.29. The van der Waals surface area contributed by atoms with Crippen LogP contribution in [0.4, 0.5) is 8.78 Å². The lowest BCUT2D eigenvalue weighted by Crippen LogP contribution is -2.51. The molecule has 1 saturated carbocycles. The Morgan fingerprint density at radius 1 is 1.42 bits per heavy atom. The fraction of sp³-hybridized carbons (Fsp3) is 0.333. The summed E-state index contributed by atoms with van der Waals surface area (Å²) in [6.07, 6.45) is 2.43. The number of nitrogens with one attached hydrogen (secondary N) is 2. The van der Waals surface area contributed by atoms with Crippen LogP contribution in [0.25, 0.3) is 10.9 Å². The molecule has 0 radical (unpaired) electrons. The number of rotatable bonds is 4. The van der Waals surface area contributed by atoms with Crippen LogP contribution < -0.4 is 5.32 Å². The molecule has 3 aromatic rings. The summed E-state index contributed by atoms with van der Waals surface area (Å²) in [7, 11) is 0. The third-order valence-corrected chi connectivity index (χ3v) is 4.28. The van der Waals surface area contributed by atoms with Crippen LogP contribution in [-0.4, -0.2) is 26.0 Å². The Morgan fingerprint density at radius 2 is 2.25 bits per heavy atom. The maximum Gasteiger partial charge on any atom is 0.315 e. The third-order valence-electron chi connectivity index (χ3n) is 4.28. The molecular formula is C15H13F2N5O2. The minimum atomic E-state index is -2.83. The van der Waals surface area contributed by atoms with Crippen molar-refractivity contribution in [1.82, 2.24) is 25.4 Å². The molecule has 0 unspecified atom stereocenters. The van der Waals surface area contributed by atoms with Gasteiger partial charge in [-0.25, -0.2) is 0 Å². The van der Waals surface area contributed by atoms with Gasteiger partial charge in [-0.2, -0.15) is 13.8 Å². The number of halogens is 2. The number of nitrogens with zero attached hydrogens (tertiary/aromatic N) is 3. The summed E-state index contributed by atoms with van der Waals surface area (Å²) >= 11 is 0. The standard InChI is InChI=1S/C15H13F2N5O2/c16-11(17)13-20-14(22-24-13)15(3-1-4-15)21-12(23)10-6-8-7-18-5-2-9(8)19-10/h2,5-7,11,19H,1,3-4H2,(H,21,23). The van der Waals surface area contributed by atoms with Crippen LogP contribution in [0.2, 0.25) is 0 Å². The minimum absolute atomic E-state index is 0.0928. The van der Waals surface area contributed by atoms with Crippen molar-refractivity contribution < 1.29 is 18.1 Å². The van der Waals surface area contributed by atoms with Gasteiger partial charge in [-0.1, -0.05) is 5.16 Å². The largest absolute Gasteiger partial charge is 0.350 e. The molecule has 1 aliphatic rings. The first kappa shape index (κ1) is 14.7. The molecule has 4 rings (SSSR count). The van der Waals surface area contributed by atoms with E-state index in [1.165, 1.54) is 0 Å². The van der Waals surface area contributed by atoms with Gasteiger partial charge in [-0.3, -0.25) is 9.78 Å². The molecule has 1 fully saturated rings. The fourth-order valence-corrected chi connectivity index (χ4v) is 2.83. The summed E-state index contributed by atoms with van der Waals surface area (Å²) in [5.74, 6) is -0.994. The highest BCUT2D eigenvalue weighted by Gasteiger charge is 2.45. The maximum absolute atomic E-state index is 12.6. The van der Waals surface area contributed by atoms with Crippen LogP contribution in [0.5, 0.6) is 0 Å². The van der Waals surface area contributed by atoms with Gasteiger partial charge in [0.05, 0.1) is 0 Å². The molecule has 2 N–H and O–H groups in total. The van der Waals surface area contributed by atoms with Crippen molar-refractivity contribution >= 4 is 16.8 Å². The number of carbonyl (C=O) groups is 1. The van der Waals surface area contributed by atoms with Crippen molar-refractivity contribution in [2.24, 2.45) is 0 Å². The van der Waals surface area contributed by atoms with Crippen LogP contribution in [-0.2, 0) is 5.54 Å². The number of aromatic amines is 1. The number of fused-ring (bicyclic) bond motifs is 1. The van der Waals surface area contributed by atoms with Crippen molar-refractivity contribution in [3.8, 4) is 0 Å². The predicted molar refractivity (Wildman–Crippen MR) is 78.3 cm³/mol. The number of hydrogen-bond acceptors (Lipinski definition) is 5. The number of aromatic nitrogens is 4. The smallest absolute Gasteiger partial charge is 0.315 e. The second-order valence-electron chi connectivity index (χ2n) is 5.79. The Kier molecular flexibility index (Phi) is 3.29. The summed E-state index contributed by atoms with van der Waals surface area (Å²) in [5.41, 5.74) is 0.294. The molecule has 1 aliphatic carbocycles. The van der Waals surface area contributed by atoms with E-state index < -0.39 is 17.9 Å². The lowest BCUT2D eigenvalue weighted by atomic mass is 9.76. The zero-order valence-corrected chi connectivity index (χ0v) is 12.4. The quantitative estimate of drug-likeness (QED) is 0.765. The number of pyridine rings is 1. The highest BCUT2D eigenvalue weighted by molar-refractivity contribution is 5.98. The van der Waals surface area contributed by atoms with Crippen molar-refractivity contribution in [1.29, 1.82) is 0 Å². The first-order valence-electron chi connectivity index (χ1n) is 7.45. The highest BCUT2D eigenvalue weighted by atomic mass is 19.3. The maximum atomic E-state index is 12.6. The molecule has 0 bridgehead atoms. The summed E-state index contributed by atoms with van der Waals surface area (Å²) in [6.45, 7) is 0. The van der Waals surface area contributed by atoms with Gasteiger partial charge < -0.3 is 14.8 Å². The van der Waals surface area contributed by atoms with E-state index in [0.717, 1.165) is 17.3 Å². The molecule has 24 heavy (non-hydrogen) atoms. The zero-order chi connectivity index (χ0) is 16.7. The SMILES string of the molecule is O=C(NC1(c2noc(C(F)F)n2)CCC1)c1cc2cnccc2[nH]1. The molecule has 0 atom stereocenters. The average molecular weight is 333 g/mol. The number of hydrogen-bond donors (Lipinski definition) is 2. The topological polar surface area (TPSA) is 96.7 Å². The molecule has 0 saturated heterocycles. The van der Waals surface area contributed by atoms with E-state index in [1.807, 2.05) is 0 Å². The van der Waals surface area contributed by atoms with Gasteiger partial charge in [0.2, 0.25) is 0 Å². The monoisotopic (exact) mass is 333 g/mol. The van der Waals surface area contributed by atoms with Gasteiger partial charge in [0, 0.05) is 23.3 Å². The summed E-state index contributed by atoms with van der Waals surface area (Å²) < 4.78 is 29.8. The second kappa shape index (κ2) is 5.36. The van der Waals surface area contributed by atoms with E-state index in [4.69, 9.17) is 0 Å². The number of H-pyrrole nitrogens is 1. The Morgan fingerprint density at radius 3 is 2.88 bits per heavy atom. The van der Waals surface area contributed by atoms with Crippen LogP contribution in [0.1, 0.15) is 47.9 Å². The van der Waals surface area contributed by atoms with Crippen LogP contribution >= 0.6 is 0 Å². The predicted octanol–water partition coefficient (Wildman–Crippen LogP) is 2.69. The molecule has 0 aliphatic heterocycles. The second-order valence-corrected chi connectivity index (χ2v) is 5.79. The molecule has 0 spiro atoms. The molecule has 7 nitrogen and oxygen atoms in total. The van der Waals surface area contributed by atoms with Crippen LogP contribution in [0.3, 0.4) is 0 Å². The molecule has 124 valence electrons. The van der Waals surface area contributed by atoms with Gasteiger partial charge in [-0.15, -0.1) is 0 Å². The van der Waals surface area contributed by atoms with Crippen LogP contribution in [0, 0.1) is 0 Å². The Hall–Kier alpha value is -2.84. The Bertz CT molecular complexity index is 867. The lowest BCUT2D eigenvalue weighted by Gasteiger charge is -2.39. The van der Waals surface area contributed by atoms with Crippen molar-refractivity contribution in [2.45, 2.75) is 31.2 Å². The summed E-state index contributed by atoms with van der Waals surface area (Å²) in [4.78, 5) is 23.3. The first-order chi connectivity index (χ1) is 11.6. The van der Waals surface area contributed by atoms with Gasteiger partial charge in [0.25, 0.3) is 11.8 Å². The number of carbonyl (C=O) groups excluding carboxylic acids is 1. The van der Waals surface area contributed by atoms with Crippen molar-refractivity contribution in [3.63, 3.8) is 0 Å². The van der Waals surface area contributed by atoms with Crippen molar-refractivity contribution in [3.05, 3.63) is 41.9 Å². The van der Waals surface area contributed by atoms with E-state index in [9.17, 15) is 13.6 Å². The number of alkyl halides is 2. The van der Waals surface area contributed by atoms with E-state index in [2.05, 4.69) is 29.9 Å². The lowest BCUT2D eigenvalue weighted by molar-refractivity contribution is 0.0799. The van der Waals surface area contributed by atoms with Gasteiger partial charge in [-0.05, 0) is 31.4 Å². The first-order valence-corrected chi connectivity index (χ1v) is 7.45. The molecule has 3 aromatic heterocycles. The average Bonchev–Trinajstić information content (AvgIpc) is 3.17. The Labute approximate surface area is 134 Å². The van der Waals surface area contributed by atoms with Gasteiger partial charge in [0.15, 0.2) is 5.82 Å². The number of amides is 1. The van der Waals surface area contributed by atoms with Gasteiger partial charge in [0.1, 0.15) is 11.2 Å². The van der Waals surface area contributed by atoms with E-state index in [-0.39, 0.29) is 11.7 Å². The molecular weight excluding hydrogens is 320 g/mol. The Balaban J connectivity index is 1.60. The molecule has 3 heterocycles. The normalized spacial score (nSPS) is 16.3. The molecule has 1 amide bonds. The zero-order valence-electron chi connectivity index (χ0n) is 12.4. The molecule has 0 aromatic carbocycles. The van der Waals surface area contributed by atoms with Crippen LogP contribution in [0.15, 0.2) is 29.0 Å². The third kappa shape index (κ3) is 2.32. The van der Waals surface area contributed by atoms with E-state index >= 15 is 0 Å². The molecule has 9 heteroatoms.